The van der Waals surface area contributed by atoms with Gasteiger partial charge in [-0.2, -0.15) is 0 Å². The Morgan fingerprint density at radius 3 is 3.27 bits per heavy atom. The number of nitrogens with zero attached hydrogens (tertiary/aromatic N) is 1. The van der Waals surface area contributed by atoms with Crippen LogP contribution in [-0.4, -0.2) is 18.3 Å². The lowest BCUT2D eigenvalue weighted by Gasteiger charge is -2.02. The fourth-order valence-corrected chi connectivity index (χ4v) is 0.752. The molecule has 0 bridgehead atoms. The van der Waals surface area contributed by atoms with Crippen LogP contribution in [0.25, 0.3) is 0 Å². The van der Waals surface area contributed by atoms with E-state index in [0.717, 1.165) is 12.1 Å². The summed E-state index contributed by atoms with van der Waals surface area (Å²) in [6, 6.07) is 0.942. The minimum atomic E-state index is -2.87. The Labute approximate surface area is 99.6 Å². The van der Waals surface area contributed by atoms with Crippen molar-refractivity contribution in [3.63, 3.8) is 0 Å². The van der Waals surface area contributed by atoms with E-state index in [1.165, 1.54) is 6.92 Å². The molecule has 1 aromatic rings. The Bertz CT molecular complexity index is 627. The molecular weight excluding hydrogens is 188 g/mol. The van der Waals surface area contributed by atoms with Crippen molar-refractivity contribution in [2.24, 2.45) is 10.7 Å². The molecule has 80 valence electrons. The van der Waals surface area contributed by atoms with E-state index in [1.807, 2.05) is 0 Å². The zero-order chi connectivity index (χ0) is 17.3. The smallest absolute Gasteiger partial charge is 0.194 e. The number of aliphatic imine (C=N–C) groups is 1. The number of rotatable bonds is 3. The van der Waals surface area contributed by atoms with Gasteiger partial charge in [0.25, 0.3) is 0 Å². The van der Waals surface area contributed by atoms with E-state index in [0.29, 0.717) is 0 Å². The molecule has 0 saturated heterocycles. The molecule has 0 aromatic heterocycles. The Hall–Kier alpha value is -1.84. The molecule has 0 heterocycles. The highest BCUT2D eigenvalue weighted by atomic mass is 15.1. The van der Waals surface area contributed by atoms with E-state index in [-0.39, 0.29) is 17.9 Å². The van der Waals surface area contributed by atoms with E-state index < -0.39 is 30.4 Å². The van der Waals surface area contributed by atoms with E-state index in [2.05, 4.69) is 10.3 Å². The summed E-state index contributed by atoms with van der Waals surface area (Å²) in [6.07, 6.45) is -2.79. The predicted molar refractivity (Wildman–Crippen MR) is 63.2 cm³/mol. The molecule has 4 nitrogen and oxygen atoms in total. The summed E-state index contributed by atoms with van der Waals surface area (Å²) < 4.78 is 54.2. The highest BCUT2D eigenvalue weighted by Crippen LogP contribution is 1.98. The third-order valence-corrected chi connectivity index (χ3v) is 1.27. The van der Waals surface area contributed by atoms with Gasteiger partial charge in [-0.05, 0) is 18.9 Å². The fraction of sp³-hybridized carbons (Fsp3) is 0.273. The maximum absolute atomic E-state index is 7.94. The summed E-state index contributed by atoms with van der Waals surface area (Å²) in [5.41, 5.74) is 4.94. The van der Waals surface area contributed by atoms with Crippen molar-refractivity contribution in [1.82, 2.24) is 5.32 Å². The van der Waals surface area contributed by atoms with Gasteiger partial charge in [0.05, 0.1) is 12.7 Å². The van der Waals surface area contributed by atoms with Crippen molar-refractivity contribution < 1.29 is 9.60 Å². The van der Waals surface area contributed by atoms with E-state index >= 15 is 0 Å². The van der Waals surface area contributed by atoms with Gasteiger partial charge < -0.3 is 11.1 Å². The topological polar surface area (TPSA) is 74.3 Å². The van der Waals surface area contributed by atoms with Gasteiger partial charge in [-0.25, -0.2) is 0 Å². The van der Waals surface area contributed by atoms with Gasteiger partial charge in [0.2, 0.25) is 0 Å². The summed E-state index contributed by atoms with van der Waals surface area (Å²) >= 11 is 0. The van der Waals surface area contributed by atoms with E-state index in [1.54, 1.807) is 0 Å². The molecule has 0 fully saturated rings. The lowest BCUT2D eigenvalue weighted by Crippen LogP contribution is -2.35. The van der Waals surface area contributed by atoms with Crippen LogP contribution in [0.2, 0.25) is 0 Å². The molecule has 1 rings (SSSR count). The third kappa shape index (κ3) is 4.81. The molecule has 0 aliphatic carbocycles. The number of hydrogen-bond donors (Lipinski definition) is 3. The van der Waals surface area contributed by atoms with Crippen molar-refractivity contribution in [2.75, 3.05) is 6.50 Å². The van der Waals surface area contributed by atoms with Crippen molar-refractivity contribution in [3.05, 3.63) is 35.8 Å². The van der Waals surface area contributed by atoms with Crippen molar-refractivity contribution in [2.45, 2.75) is 13.3 Å². The number of aryl methyl sites for hydroxylation is 1. The summed E-state index contributed by atoms with van der Waals surface area (Å²) in [4.78, 5) is 3.39. The second-order valence-corrected chi connectivity index (χ2v) is 2.62. The molecule has 15 heavy (non-hydrogen) atoms. The molecule has 0 saturated carbocycles. The highest BCUT2D eigenvalue weighted by molar-refractivity contribution is 5.96. The molecule has 0 spiro atoms. The summed E-state index contributed by atoms with van der Waals surface area (Å²) in [7, 11) is 0. The predicted octanol–water partition coefficient (Wildman–Crippen LogP) is 1.13. The van der Waals surface area contributed by atoms with Crippen LogP contribution < -0.4 is 11.1 Å². The second-order valence-electron chi connectivity index (χ2n) is 2.62. The molecular formula is C11H16N4. The lowest BCUT2D eigenvalue weighted by atomic mass is 10.2. The first-order chi connectivity index (χ1) is 9.88. The Morgan fingerprint density at radius 2 is 2.53 bits per heavy atom. The average molecular weight is 211 g/mol. The molecule has 0 aliphatic rings. The van der Waals surface area contributed by atoms with Crippen LogP contribution in [-0.2, 0) is 6.37 Å². The Kier molecular flexibility index (Phi) is 1.85. The standard InChI is InChI=1S/C11H16N4/c1-9(12)15-11(13)14-8-7-10-5-3-2-4-6-10/h2-6H,7-8H2,1H3,(H4,12,13,14,15)/i3D,4D,5D,7D2,8D2. The highest BCUT2D eigenvalue weighted by Gasteiger charge is 1.92. The Morgan fingerprint density at radius 1 is 1.73 bits per heavy atom. The molecule has 0 aliphatic heterocycles. The zero-order valence-electron chi connectivity index (χ0n) is 15.2. The molecule has 0 unspecified atom stereocenters. The van der Waals surface area contributed by atoms with Crippen LogP contribution in [0, 0.1) is 5.41 Å². The maximum atomic E-state index is 7.94. The minimum Gasteiger partial charge on any atom is -0.370 e. The van der Waals surface area contributed by atoms with Gasteiger partial charge in [0.1, 0.15) is 0 Å². The van der Waals surface area contributed by atoms with Gasteiger partial charge in [-0.3, -0.25) is 10.4 Å². The van der Waals surface area contributed by atoms with Crippen LogP contribution in [0.15, 0.2) is 35.3 Å². The molecule has 1 aromatic carbocycles. The normalized spacial score (nSPS) is 19.8. The first kappa shape index (κ1) is 4.79. The van der Waals surface area contributed by atoms with Crippen LogP contribution in [0.1, 0.15) is 22.1 Å². The fourth-order valence-electron chi connectivity index (χ4n) is 0.752. The van der Waals surface area contributed by atoms with Crippen LogP contribution >= 0.6 is 0 Å². The average Bonchev–Trinajstić information content (AvgIpc) is 2.31. The van der Waals surface area contributed by atoms with Gasteiger partial charge in [0.15, 0.2) is 5.96 Å². The number of nitrogens with one attached hydrogen (secondary N) is 2. The monoisotopic (exact) mass is 211 g/mol. The number of hydrogen-bond acceptors (Lipinski definition) is 2. The van der Waals surface area contributed by atoms with Gasteiger partial charge >= 0.3 is 0 Å². The maximum Gasteiger partial charge on any atom is 0.194 e. The molecule has 0 radical (unpaired) electrons. The number of nitrogens with two attached hydrogens (primary N) is 1. The quantitative estimate of drug-likeness (QED) is 0.518. The second kappa shape index (κ2) is 5.80. The van der Waals surface area contributed by atoms with Crippen LogP contribution in [0.3, 0.4) is 0 Å². The Balaban J connectivity index is 3.36. The molecule has 4 N–H and O–H groups in total. The summed E-state index contributed by atoms with van der Waals surface area (Å²) in [6.45, 7) is -1.51. The number of guanidine groups is 1. The van der Waals surface area contributed by atoms with Crippen molar-refractivity contribution >= 4 is 11.8 Å². The van der Waals surface area contributed by atoms with Crippen molar-refractivity contribution in [3.8, 4) is 0 Å². The minimum absolute atomic E-state index is 0.0969. The van der Waals surface area contributed by atoms with Gasteiger partial charge in [-0.15, -0.1) is 0 Å². The molecule has 4 heteroatoms. The molecule has 0 atom stereocenters. The van der Waals surface area contributed by atoms with E-state index in [9.17, 15) is 0 Å². The summed E-state index contributed by atoms with van der Waals surface area (Å²) in [5.74, 6) is -0.582. The third-order valence-electron chi connectivity index (χ3n) is 1.27. The van der Waals surface area contributed by atoms with Gasteiger partial charge in [-0.1, -0.05) is 30.3 Å². The van der Waals surface area contributed by atoms with E-state index in [4.69, 9.17) is 20.7 Å². The number of benzene rings is 1. The van der Waals surface area contributed by atoms with Crippen LogP contribution in [0.4, 0.5) is 0 Å². The SMILES string of the molecule is [2H]c1cc([2H])c([2H])c(C([2H])([2H])C([2H])([2H])N=C(N)NC(C)=N)c1. The lowest BCUT2D eigenvalue weighted by molar-refractivity contribution is 0.955. The zero-order valence-corrected chi connectivity index (χ0v) is 8.18. The number of amidine groups is 1. The van der Waals surface area contributed by atoms with Gasteiger partial charge in [0, 0.05) is 9.24 Å². The molecule has 0 amide bonds. The first-order valence-electron chi connectivity index (χ1n) is 7.64. The first-order valence-corrected chi connectivity index (χ1v) is 4.14. The van der Waals surface area contributed by atoms with Crippen molar-refractivity contribution in [1.29, 1.82) is 5.41 Å². The summed E-state index contributed by atoms with van der Waals surface area (Å²) in [5, 5.41) is 9.42. The largest absolute Gasteiger partial charge is 0.370 e. The van der Waals surface area contributed by atoms with Crippen LogP contribution in [0.5, 0.6) is 0 Å².